The molecular formula is C30H26F2N6O2S. The highest BCUT2D eigenvalue weighted by Crippen LogP contribution is 2.32. The lowest BCUT2D eigenvalue weighted by Gasteiger charge is -2.10. The van der Waals surface area contributed by atoms with Crippen molar-refractivity contribution >= 4 is 50.1 Å². The molecule has 1 fully saturated rings. The second kappa shape index (κ2) is 11.5. The van der Waals surface area contributed by atoms with Gasteiger partial charge in [-0.15, -0.1) is 11.3 Å². The molecular weight excluding hydrogens is 546 g/mol. The Morgan fingerprint density at radius 3 is 2.98 bits per heavy atom. The number of benzene rings is 2. The minimum atomic E-state index is -0.463. The molecule has 11 heteroatoms. The highest BCUT2D eigenvalue weighted by Gasteiger charge is 2.25. The third-order valence-corrected chi connectivity index (χ3v) is 7.79. The minimum absolute atomic E-state index is 0.0697. The number of rotatable bonds is 6. The van der Waals surface area contributed by atoms with Crippen molar-refractivity contribution in [1.82, 2.24) is 25.2 Å². The van der Waals surface area contributed by atoms with Gasteiger partial charge >= 0.3 is 6.09 Å². The summed E-state index contributed by atoms with van der Waals surface area (Å²) in [6, 6.07) is 13.1. The van der Waals surface area contributed by atoms with Gasteiger partial charge in [-0.05, 0) is 55.5 Å². The maximum atomic E-state index is 14.2. The van der Waals surface area contributed by atoms with Gasteiger partial charge in [0.2, 0.25) is 0 Å². The van der Waals surface area contributed by atoms with Crippen molar-refractivity contribution in [3.63, 3.8) is 0 Å². The molecule has 2 aromatic carbocycles. The van der Waals surface area contributed by atoms with Gasteiger partial charge in [-0.2, -0.15) is 0 Å². The standard InChI is InChI=1S/C30H26F2N6O2S/c1-2-33-30(39)40-23-13-21(34-15-23)4-6-24-14-26-28(41-24)29(36-17-35-26)37-22-5-8-27-18(12-22)9-10-38(27)16-19-11-20(31)3-7-25(19)32/h3,5,7-12,14,17,21,23,34H,2,13,15-16H2,1H3,(H,33,39)(H,35,36,37). The Hall–Kier alpha value is -4.53. The number of fused-ring (bicyclic) bond motifs is 2. The average Bonchev–Trinajstić information content (AvgIpc) is 3.68. The predicted molar refractivity (Wildman–Crippen MR) is 155 cm³/mol. The van der Waals surface area contributed by atoms with E-state index in [2.05, 4.69) is 37.8 Å². The third kappa shape index (κ3) is 5.99. The summed E-state index contributed by atoms with van der Waals surface area (Å²) in [6.45, 7) is 3.16. The first kappa shape index (κ1) is 26.7. The zero-order valence-electron chi connectivity index (χ0n) is 22.1. The molecule has 4 heterocycles. The minimum Gasteiger partial charge on any atom is -0.445 e. The number of carbonyl (C=O) groups excluding carboxylic acids is 1. The molecule has 5 aromatic rings. The van der Waals surface area contributed by atoms with Gasteiger partial charge in [-0.3, -0.25) is 5.32 Å². The normalized spacial score (nSPS) is 16.5. The van der Waals surface area contributed by atoms with Crippen LogP contribution in [-0.4, -0.2) is 45.9 Å². The Balaban J connectivity index is 1.16. The van der Waals surface area contributed by atoms with E-state index in [1.165, 1.54) is 23.7 Å². The van der Waals surface area contributed by atoms with E-state index in [4.69, 9.17) is 4.74 Å². The number of hydrogen-bond donors (Lipinski definition) is 3. The van der Waals surface area contributed by atoms with Crippen molar-refractivity contribution in [1.29, 1.82) is 0 Å². The average molecular weight is 573 g/mol. The number of aromatic nitrogens is 3. The van der Waals surface area contributed by atoms with Crippen molar-refractivity contribution in [2.24, 2.45) is 0 Å². The maximum Gasteiger partial charge on any atom is 0.407 e. The van der Waals surface area contributed by atoms with Crippen LogP contribution in [0, 0.1) is 23.5 Å². The van der Waals surface area contributed by atoms with Gasteiger partial charge in [0.1, 0.15) is 24.1 Å². The molecule has 1 aliphatic rings. The summed E-state index contributed by atoms with van der Waals surface area (Å²) in [7, 11) is 0. The lowest BCUT2D eigenvalue weighted by molar-refractivity contribution is 0.107. The van der Waals surface area contributed by atoms with Gasteiger partial charge in [0.15, 0.2) is 5.82 Å². The second-order valence-corrected chi connectivity index (χ2v) is 10.7. The van der Waals surface area contributed by atoms with Gasteiger partial charge in [0, 0.05) is 47.9 Å². The fraction of sp³-hybridized carbons (Fsp3) is 0.233. The van der Waals surface area contributed by atoms with Crippen LogP contribution in [-0.2, 0) is 11.3 Å². The highest BCUT2D eigenvalue weighted by atomic mass is 32.1. The summed E-state index contributed by atoms with van der Waals surface area (Å²) >= 11 is 1.50. The Morgan fingerprint density at radius 2 is 2.10 bits per heavy atom. The molecule has 8 nitrogen and oxygen atoms in total. The molecule has 2 unspecified atom stereocenters. The van der Waals surface area contributed by atoms with Crippen LogP contribution in [0.1, 0.15) is 23.8 Å². The molecule has 0 radical (unpaired) electrons. The number of amides is 1. The second-order valence-electron chi connectivity index (χ2n) is 9.65. The van der Waals surface area contributed by atoms with Crippen molar-refractivity contribution in [2.45, 2.75) is 32.0 Å². The lowest BCUT2D eigenvalue weighted by atomic mass is 10.2. The van der Waals surface area contributed by atoms with Gasteiger partial charge in [0.05, 0.1) is 27.7 Å². The van der Waals surface area contributed by atoms with Crippen molar-refractivity contribution in [3.8, 4) is 11.8 Å². The summed E-state index contributed by atoms with van der Waals surface area (Å²) in [5.74, 6) is 6.22. The molecule has 3 aromatic heterocycles. The van der Waals surface area contributed by atoms with E-state index >= 15 is 0 Å². The molecule has 0 bridgehead atoms. The van der Waals surface area contributed by atoms with Crippen LogP contribution in [0.5, 0.6) is 0 Å². The first-order valence-electron chi connectivity index (χ1n) is 13.2. The largest absolute Gasteiger partial charge is 0.445 e. The molecule has 0 saturated carbocycles. The van der Waals surface area contributed by atoms with Crippen LogP contribution < -0.4 is 16.0 Å². The van der Waals surface area contributed by atoms with E-state index in [9.17, 15) is 13.6 Å². The summed E-state index contributed by atoms with van der Waals surface area (Å²) in [5.41, 5.74) is 2.82. The first-order valence-corrected chi connectivity index (χ1v) is 14.0. The number of halogens is 2. The number of alkyl carbamates (subject to hydrolysis) is 1. The molecule has 208 valence electrons. The smallest absolute Gasteiger partial charge is 0.407 e. The Kier molecular flexibility index (Phi) is 7.50. The van der Waals surface area contributed by atoms with Crippen molar-refractivity contribution in [3.05, 3.63) is 83.1 Å². The number of ether oxygens (including phenoxy) is 1. The van der Waals surface area contributed by atoms with E-state index < -0.39 is 17.7 Å². The van der Waals surface area contributed by atoms with E-state index in [0.29, 0.717) is 30.9 Å². The molecule has 1 amide bonds. The van der Waals surface area contributed by atoms with Crippen LogP contribution in [0.15, 0.2) is 61.1 Å². The molecule has 6 rings (SSSR count). The van der Waals surface area contributed by atoms with E-state index in [-0.39, 0.29) is 18.7 Å². The molecule has 41 heavy (non-hydrogen) atoms. The Morgan fingerprint density at radius 1 is 1.20 bits per heavy atom. The Labute approximate surface area is 238 Å². The summed E-state index contributed by atoms with van der Waals surface area (Å²) in [4.78, 5) is 21.4. The monoisotopic (exact) mass is 572 g/mol. The number of nitrogens with one attached hydrogen (secondary N) is 3. The number of nitrogens with zero attached hydrogens (tertiary/aromatic N) is 3. The van der Waals surface area contributed by atoms with Gasteiger partial charge in [0.25, 0.3) is 0 Å². The van der Waals surface area contributed by atoms with Gasteiger partial charge in [-0.1, -0.05) is 11.8 Å². The molecule has 2 atom stereocenters. The summed E-state index contributed by atoms with van der Waals surface area (Å²) in [6.07, 6.45) is 3.38. The van der Waals surface area contributed by atoms with Gasteiger partial charge < -0.3 is 19.9 Å². The molecule has 0 spiro atoms. The molecule has 3 N–H and O–H groups in total. The van der Waals surface area contributed by atoms with Crippen LogP contribution >= 0.6 is 11.3 Å². The van der Waals surface area contributed by atoms with Crippen LogP contribution in [0.25, 0.3) is 21.1 Å². The zero-order chi connectivity index (χ0) is 28.3. The number of carbonyl (C=O) groups is 1. The van der Waals surface area contributed by atoms with Crippen molar-refractivity contribution in [2.75, 3.05) is 18.4 Å². The van der Waals surface area contributed by atoms with Crippen LogP contribution in [0.3, 0.4) is 0 Å². The lowest BCUT2D eigenvalue weighted by Crippen LogP contribution is -2.29. The number of anilines is 2. The van der Waals surface area contributed by atoms with E-state index in [0.717, 1.165) is 43.8 Å². The topological polar surface area (TPSA) is 93.1 Å². The fourth-order valence-corrected chi connectivity index (χ4v) is 5.72. The fourth-order valence-electron chi connectivity index (χ4n) is 4.80. The first-order chi connectivity index (χ1) is 19.9. The maximum absolute atomic E-state index is 14.2. The Bertz CT molecular complexity index is 1810. The number of hydrogen-bond acceptors (Lipinski definition) is 7. The third-order valence-electron chi connectivity index (χ3n) is 6.75. The van der Waals surface area contributed by atoms with E-state index in [1.807, 2.05) is 48.0 Å². The predicted octanol–water partition coefficient (Wildman–Crippen LogP) is 5.54. The number of thiophene rings is 1. The zero-order valence-corrected chi connectivity index (χ0v) is 22.9. The van der Waals surface area contributed by atoms with Crippen LogP contribution in [0.2, 0.25) is 0 Å². The highest BCUT2D eigenvalue weighted by molar-refractivity contribution is 7.20. The summed E-state index contributed by atoms with van der Waals surface area (Å²) in [5, 5.41) is 10.3. The van der Waals surface area contributed by atoms with E-state index in [1.54, 1.807) is 0 Å². The van der Waals surface area contributed by atoms with Crippen LogP contribution in [0.4, 0.5) is 25.1 Å². The quantitative estimate of drug-likeness (QED) is 0.231. The van der Waals surface area contributed by atoms with Gasteiger partial charge in [-0.25, -0.2) is 23.5 Å². The summed E-state index contributed by atoms with van der Waals surface area (Å²) < 4.78 is 36.0. The molecule has 1 saturated heterocycles. The van der Waals surface area contributed by atoms with Crippen molar-refractivity contribution < 1.29 is 18.3 Å². The molecule has 1 aliphatic heterocycles. The SMILES string of the molecule is CCNC(=O)OC1CNC(C#Cc2cc3ncnc(Nc4ccc5c(ccn5Cc5cc(F)ccc5F)c4)c3s2)C1. The molecule has 0 aliphatic carbocycles.